The molecule has 1 saturated carbocycles. The molecule has 1 heterocycles. The highest BCUT2D eigenvalue weighted by Crippen LogP contribution is 2.48. The summed E-state index contributed by atoms with van der Waals surface area (Å²) in [4.78, 5) is 10.7. The van der Waals surface area contributed by atoms with E-state index in [1.165, 1.54) is 6.20 Å². The van der Waals surface area contributed by atoms with Crippen molar-refractivity contribution in [3.05, 3.63) is 17.5 Å². The van der Waals surface area contributed by atoms with E-state index < -0.39 is 5.97 Å². The van der Waals surface area contributed by atoms with Crippen molar-refractivity contribution in [3.63, 3.8) is 0 Å². The van der Waals surface area contributed by atoms with Gasteiger partial charge in [0.15, 0.2) is 5.76 Å². The number of hydrogen-bond donors (Lipinski definition) is 1. The first-order valence-corrected chi connectivity index (χ1v) is 3.82. The van der Waals surface area contributed by atoms with Gasteiger partial charge >= 0.3 is 5.97 Å². The van der Waals surface area contributed by atoms with Gasteiger partial charge in [-0.1, -0.05) is 12.1 Å². The third kappa shape index (κ3) is 0.913. The van der Waals surface area contributed by atoms with Gasteiger partial charge in [0.25, 0.3) is 0 Å². The van der Waals surface area contributed by atoms with Crippen molar-refractivity contribution in [3.8, 4) is 0 Å². The molecule has 12 heavy (non-hydrogen) atoms. The maximum absolute atomic E-state index is 10.7. The molecule has 0 aromatic carbocycles. The summed E-state index contributed by atoms with van der Waals surface area (Å²) in [7, 11) is 0. The van der Waals surface area contributed by atoms with Crippen molar-refractivity contribution in [2.24, 2.45) is 0 Å². The molecule has 0 aliphatic heterocycles. The summed E-state index contributed by atoms with van der Waals surface area (Å²) in [6, 6.07) is 0. The molecule has 1 N–H and O–H groups in total. The van der Waals surface area contributed by atoms with E-state index in [-0.39, 0.29) is 11.0 Å². The van der Waals surface area contributed by atoms with Crippen molar-refractivity contribution >= 4 is 5.97 Å². The first-order chi connectivity index (χ1) is 5.63. The lowest BCUT2D eigenvalue weighted by molar-refractivity contribution is 0.0693. The molecular weight excluding hydrogens is 158 g/mol. The lowest BCUT2D eigenvalue weighted by Gasteiger charge is -2.02. The summed E-state index contributed by atoms with van der Waals surface area (Å²) in [5.41, 5.74) is 0.138. The highest BCUT2D eigenvalue weighted by atomic mass is 16.5. The Morgan fingerprint density at radius 2 is 2.42 bits per heavy atom. The third-order valence-electron chi connectivity index (χ3n) is 2.35. The molecule has 4 heteroatoms. The number of nitrogens with zero attached hydrogens (tertiary/aromatic N) is 1. The molecule has 0 spiro atoms. The Bertz CT molecular complexity index is 325. The lowest BCUT2D eigenvalue weighted by atomic mass is 10.0. The van der Waals surface area contributed by atoms with Crippen LogP contribution in [-0.4, -0.2) is 16.2 Å². The van der Waals surface area contributed by atoms with Crippen LogP contribution < -0.4 is 0 Å². The van der Waals surface area contributed by atoms with E-state index in [4.69, 9.17) is 9.63 Å². The molecule has 0 atom stereocenters. The maximum atomic E-state index is 10.7. The number of aromatic nitrogens is 1. The van der Waals surface area contributed by atoms with Crippen molar-refractivity contribution in [2.45, 2.75) is 25.2 Å². The molecule has 1 fully saturated rings. The van der Waals surface area contributed by atoms with Crippen molar-refractivity contribution < 1.29 is 14.4 Å². The molecule has 0 bridgehead atoms. The second kappa shape index (κ2) is 2.09. The normalized spacial score (nSPS) is 19.1. The fraction of sp³-hybridized carbons (Fsp3) is 0.500. The highest BCUT2D eigenvalue weighted by Gasteiger charge is 2.45. The van der Waals surface area contributed by atoms with Gasteiger partial charge < -0.3 is 9.63 Å². The van der Waals surface area contributed by atoms with Crippen LogP contribution in [-0.2, 0) is 5.41 Å². The number of hydrogen-bond acceptors (Lipinski definition) is 3. The van der Waals surface area contributed by atoms with Gasteiger partial charge in [0.2, 0.25) is 0 Å². The topological polar surface area (TPSA) is 63.3 Å². The predicted octanol–water partition coefficient (Wildman–Crippen LogP) is 1.42. The van der Waals surface area contributed by atoms with Gasteiger partial charge in [0.05, 0.1) is 6.20 Å². The van der Waals surface area contributed by atoms with E-state index in [1.807, 2.05) is 6.92 Å². The molecule has 1 aromatic heterocycles. The average Bonchev–Trinajstić information content (AvgIpc) is 2.61. The van der Waals surface area contributed by atoms with E-state index in [0.717, 1.165) is 12.8 Å². The second-order valence-electron chi connectivity index (χ2n) is 3.43. The van der Waals surface area contributed by atoms with Crippen LogP contribution in [0.5, 0.6) is 0 Å². The summed E-state index contributed by atoms with van der Waals surface area (Å²) in [5, 5.41) is 12.2. The van der Waals surface area contributed by atoms with Crippen LogP contribution in [0.3, 0.4) is 0 Å². The SMILES string of the molecule is CC1(c2oncc2C(=O)O)CC1. The van der Waals surface area contributed by atoms with Crippen LogP contribution in [0, 0.1) is 0 Å². The standard InChI is InChI=1S/C8H9NO3/c1-8(2-3-8)6-5(7(10)11)4-9-12-6/h4H,2-3H2,1H3,(H,10,11). The van der Waals surface area contributed by atoms with Crippen LogP contribution in [0.2, 0.25) is 0 Å². The molecule has 4 nitrogen and oxygen atoms in total. The van der Waals surface area contributed by atoms with Gasteiger partial charge in [-0.05, 0) is 12.8 Å². The average molecular weight is 167 g/mol. The molecule has 1 aliphatic rings. The van der Waals surface area contributed by atoms with Gasteiger partial charge in [0.1, 0.15) is 5.56 Å². The minimum Gasteiger partial charge on any atom is -0.478 e. The second-order valence-corrected chi connectivity index (χ2v) is 3.43. The quantitative estimate of drug-likeness (QED) is 0.723. The number of carboxylic acids is 1. The molecule has 0 amide bonds. The number of carboxylic acid groups (broad SMARTS) is 1. The largest absolute Gasteiger partial charge is 0.478 e. The molecule has 0 unspecified atom stereocenters. The van der Waals surface area contributed by atoms with E-state index in [0.29, 0.717) is 5.76 Å². The van der Waals surface area contributed by atoms with Gasteiger partial charge in [-0.15, -0.1) is 0 Å². The number of carbonyl (C=O) groups is 1. The van der Waals surface area contributed by atoms with E-state index >= 15 is 0 Å². The highest BCUT2D eigenvalue weighted by molar-refractivity contribution is 5.88. The molecule has 1 aliphatic carbocycles. The Labute approximate surface area is 69.2 Å². The number of rotatable bonds is 2. The summed E-state index contributed by atoms with van der Waals surface area (Å²) >= 11 is 0. The summed E-state index contributed by atoms with van der Waals surface area (Å²) in [6.45, 7) is 1.99. The molecule has 0 saturated heterocycles. The summed E-state index contributed by atoms with van der Waals surface area (Å²) in [6.07, 6.45) is 3.24. The smallest absolute Gasteiger partial charge is 0.340 e. The Morgan fingerprint density at radius 3 is 2.92 bits per heavy atom. The first-order valence-electron chi connectivity index (χ1n) is 3.82. The number of aromatic carboxylic acids is 1. The molecule has 0 radical (unpaired) electrons. The zero-order valence-corrected chi connectivity index (χ0v) is 6.70. The van der Waals surface area contributed by atoms with Gasteiger partial charge in [-0.2, -0.15) is 0 Å². The van der Waals surface area contributed by atoms with E-state index in [9.17, 15) is 4.79 Å². The van der Waals surface area contributed by atoms with E-state index in [2.05, 4.69) is 5.16 Å². The zero-order chi connectivity index (χ0) is 8.77. The molecule has 2 rings (SSSR count). The fourth-order valence-electron chi connectivity index (χ4n) is 1.24. The first kappa shape index (κ1) is 7.34. The predicted molar refractivity (Wildman–Crippen MR) is 40.0 cm³/mol. The van der Waals surface area contributed by atoms with Gasteiger partial charge in [-0.25, -0.2) is 4.79 Å². The van der Waals surface area contributed by atoms with Crippen LogP contribution in [0.1, 0.15) is 35.9 Å². The van der Waals surface area contributed by atoms with Crippen molar-refractivity contribution in [2.75, 3.05) is 0 Å². The maximum Gasteiger partial charge on any atom is 0.340 e. The third-order valence-corrected chi connectivity index (χ3v) is 2.35. The molecule has 64 valence electrons. The fourth-order valence-corrected chi connectivity index (χ4v) is 1.24. The van der Waals surface area contributed by atoms with Crippen LogP contribution in [0.25, 0.3) is 0 Å². The Morgan fingerprint density at radius 1 is 1.75 bits per heavy atom. The van der Waals surface area contributed by atoms with E-state index in [1.54, 1.807) is 0 Å². The van der Waals surface area contributed by atoms with Crippen molar-refractivity contribution in [1.29, 1.82) is 0 Å². The summed E-state index contributed by atoms with van der Waals surface area (Å²) in [5.74, 6) is -0.436. The Kier molecular flexibility index (Phi) is 1.28. The van der Waals surface area contributed by atoms with Crippen LogP contribution in [0.15, 0.2) is 10.7 Å². The van der Waals surface area contributed by atoms with Crippen LogP contribution >= 0.6 is 0 Å². The van der Waals surface area contributed by atoms with Crippen LogP contribution in [0.4, 0.5) is 0 Å². The van der Waals surface area contributed by atoms with Gasteiger partial charge in [-0.3, -0.25) is 0 Å². The minimum atomic E-state index is -0.959. The Hall–Kier alpha value is -1.32. The monoisotopic (exact) mass is 167 g/mol. The molecule has 1 aromatic rings. The Balaban J connectivity index is 2.43. The lowest BCUT2D eigenvalue weighted by Crippen LogP contribution is -2.06. The molecular formula is C8H9NO3. The summed E-state index contributed by atoms with van der Waals surface area (Å²) < 4.78 is 4.92. The van der Waals surface area contributed by atoms with Gasteiger partial charge in [0, 0.05) is 5.41 Å². The minimum absolute atomic E-state index is 0.0653. The zero-order valence-electron chi connectivity index (χ0n) is 6.70. The van der Waals surface area contributed by atoms with Crippen molar-refractivity contribution in [1.82, 2.24) is 5.16 Å².